The van der Waals surface area contributed by atoms with Gasteiger partial charge >= 0.3 is 5.97 Å². The van der Waals surface area contributed by atoms with Crippen LogP contribution < -0.4 is 5.32 Å². The summed E-state index contributed by atoms with van der Waals surface area (Å²) in [7, 11) is 0. The second kappa shape index (κ2) is 5.75. The van der Waals surface area contributed by atoms with Gasteiger partial charge in [-0.15, -0.1) is 0 Å². The van der Waals surface area contributed by atoms with Crippen molar-refractivity contribution in [2.75, 3.05) is 5.32 Å². The highest BCUT2D eigenvalue weighted by molar-refractivity contribution is 9.10. The number of hydrogen-bond donors (Lipinski definition) is 3. The first kappa shape index (κ1) is 14.1. The number of carboxylic acid groups (broad SMARTS) is 1. The molecule has 0 saturated carbocycles. The number of carbonyl (C=O) groups is 2. The van der Waals surface area contributed by atoms with Crippen molar-refractivity contribution in [3.8, 4) is 5.75 Å². The third-order valence-corrected chi connectivity index (χ3v) is 3.01. The molecule has 1 amide bonds. The molecule has 0 aliphatic rings. The summed E-state index contributed by atoms with van der Waals surface area (Å²) in [4.78, 5) is 22.9. The van der Waals surface area contributed by atoms with Gasteiger partial charge in [0.1, 0.15) is 5.75 Å². The molecule has 0 saturated heterocycles. The van der Waals surface area contributed by atoms with E-state index in [0.717, 1.165) is 0 Å². The fourth-order valence-corrected chi connectivity index (χ4v) is 2.14. The third-order valence-electron chi connectivity index (χ3n) is 2.55. The highest BCUT2D eigenvalue weighted by atomic mass is 79.9. The number of para-hydroxylation sites is 1. The van der Waals surface area contributed by atoms with Crippen LogP contribution >= 0.6 is 15.9 Å². The number of aromatic hydroxyl groups is 1. The molecule has 0 aliphatic carbocycles. The lowest BCUT2D eigenvalue weighted by Crippen LogP contribution is -2.12. The number of amides is 1. The summed E-state index contributed by atoms with van der Waals surface area (Å²) in [5.41, 5.74) is 0.487. The maximum atomic E-state index is 12.0. The Hall–Kier alpha value is -2.34. The molecule has 0 bridgehead atoms. The van der Waals surface area contributed by atoms with E-state index in [2.05, 4.69) is 21.2 Å². The number of phenols is 1. The second-order valence-electron chi connectivity index (χ2n) is 4.01. The van der Waals surface area contributed by atoms with Gasteiger partial charge in [0.25, 0.3) is 5.91 Å². The van der Waals surface area contributed by atoms with Gasteiger partial charge in [-0.2, -0.15) is 0 Å². The summed E-state index contributed by atoms with van der Waals surface area (Å²) in [6.07, 6.45) is 0. The van der Waals surface area contributed by atoms with Crippen molar-refractivity contribution in [1.29, 1.82) is 0 Å². The number of hydrogen-bond acceptors (Lipinski definition) is 3. The molecule has 20 heavy (non-hydrogen) atoms. The zero-order valence-corrected chi connectivity index (χ0v) is 11.7. The van der Waals surface area contributed by atoms with Crippen LogP contribution in [0.4, 0.5) is 5.69 Å². The minimum absolute atomic E-state index is 0.0481. The Balaban J connectivity index is 2.28. The molecule has 0 radical (unpaired) electrons. The van der Waals surface area contributed by atoms with Gasteiger partial charge in [-0.3, -0.25) is 4.79 Å². The van der Waals surface area contributed by atoms with Crippen molar-refractivity contribution >= 4 is 33.5 Å². The normalized spacial score (nSPS) is 10.1. The molecule has 3 N–H and O–H groups in total. The lowest BCUT2D eigenvalue weighted by Gasteiger charge is -2.08. The molecule has 0 heterocycles. The van der Waals surface area contributed by atoms with Crippen molar-refractivity contribution < 1.29 is 19.8 Å². The van der Waals surface area contributed by atoms with Gasteiger partial charge in [0, 0.05) is 10.2 Å². The molecule has 2 aromatic rings. The van der Waals surface area contributed by atoms with Crippen molar-refractivity contribution in [3.63, 3.8) is 0 Å². The maximum Gasteiger partial charge on any atom is 0.335 e. The SMILES string of the molecule is O=C(O)c1cc(Br)cc(NC(=O)c2ccccc2O)c1. The van der Waals surface area contributed by atoms with Gasteiger partial charge in [0.05, 0.1) is 11.1 Å². The van der Waals surface area contributed by atoms with Crippen molar-refractivity contribution in [2.24, 2.45) is 0 Å². The first-order valence-electron chi connectivity index (χ1n) is 5.60. The molecule has 0 spiro atoms. The van der Waals surface area contributed by atoms with E-state index in [1.807, 2.05) is 0 Å². The fraction of sp³-hybridized carbons (Fsp3) is 0. The molecule has 6 heteroatoms. The van der Waals surface area contributed by atoms with E-state index in [4.69, 9.17) is 5.11 Å². The average molecular weight is 336 g/mol. The monoisotopic (exact) mass is 335 g/mol. The molecular weight excluding hydrogens is 326 g/mol. The minimum atomic E-state index is -1.09. The largest absolute Gasteiger partial charge is 0.507 e. The molecule has 102 valence electrons. The molecule has 0 atom stereocenters. The summed E-state index contributed by atoms with van der Waals surface area (Å²) in [5.74, 6) is -1.75. The first-order valence-corrected chi connectivity index (χ1v) is 6.40. The Morgan fingerprint density at radius 2 is 1.80 bits per heavy atom. The number of nitrogens with one attached hydrogen (secondary N) is 1. The summed E-state index contributed by atoms with van der Waals surface area (Å²) in [5, 5.41) is 21.1. The van der Waals surface area contributed by atoms with Gasteiger partial charge in [0.15, 0.2) is 0 Å². The average Bonchev–Trinajstić information content (AvgIpc) is 2.38. The molecule has 0 aromatic heterocycles. The van der Waals surface area contributed by atoms with E-state index in [1.165, 1.54) is 24.3 Å². The van der Waals surface area contributed by atoms with Crippen LogP contribution in [0.15, 0.2) is 46.9 Å². The van der Waals surface area contributed by atoms with Crippen LogP contribution in [-0.2, 0) is 0 Å². The topological polar surface area (TPSA) is 86.6 Å². The van der Waals surface area contributed by atoms with Gasteiger partial charge < -0.3 is 15.5 Å². The number of rotatable bonds is 3. The Kier molecular flexibility index (Phi) is 4.05. The molecule has 2 rings (SSSR count). The standard InChI is InChI=1S/C14H10BrNO4/c15-9-5-8(14(19)20)6-10(7-9)16-13(18)11-3-1-2-4-12(11)17/h1-7,17H,(H,16,18)(H,19,20). The van der Waals surface area contributed by atoms with Crippen LogP contribution in [0.5, 0.6) is 5.75 Å². The molecule has 2 aromatic carbocycles. The lowest BCUT2D eigenvalue weighted by molar-refractivity contribution is 0.0696. The van der Waals surface area contributed by atoms with Crippen LogP contribution in [0.2, 0.25) is 0 Å². The Bertz CT molecular complexity index is 685. The highest BCUT2D eigenvalue weighted by Gasteiger charge is 2.12. The van der Waals surface area contributed by atoms with Gasteiger partial charge in [0.2, 0.25) is 0 Å². The Morgan fingerprint density at radius 3 is 2.45 bits per heavy atom. The van der Waals surface area contributed by atoms with E-state index in [0.29, 0.717) is 10.2 Å². The molecule has 0 aliphatic heterocycles. The van der Waals surface area contributed by atoms with E-state index >= 15 is 0 Å². The summed E-state index contributed by atoms with van der Waals surface area (Å²) in [6, 6.07) is 10.4. The van der Waals surface area contributed by atoms with E-state index in [9.17, 15) is 14.7 Å². The summed E-state index contributed by atoms with van der Waals surface area (Å²) in [6.45, 7) is 0. The Morgan fingerprint density at radius 1 is 1.10 bits per heavy atom. The van der Waals surface area contributed by atoms with Crippen molar-refractivity contribution in [2.45, 2.75) is 0 Å². The number of carbonyl (C=O) groups excluding carboxylic acids is 1. The molecule has 0 fully saturated rings. The van der Waals surface area contributed by atoms with E-state index < -0.39 is 11.9 Å². The highest BCUT2D eigenvalue weighted by Crippen LogP contribution is 2.22. The number of carboxylic acids is 1. The predicted molar refractivity (Wildman–Crippen MR) is 77.2 cm³/mol. The first-order chi connectivity index (χ1) is 9.47. The molecule has 5 nitrogen and oxygen atoms in total. The van der Waals surface area contributed by atoms with Crippen LogP contribution in [0.1, 0.15) is 20.7 Å². The number of aromatic carboxylic acids is 1. The van der Waals surface area contributed by atoms with Gasteiger partial charge in [-0.05, 0) is 30.3 Å². The van der Waals surface area contributed by atoms with E-state index in [-0.39, 0.29) is 16.9 Å². The predicted octanol–water partition coefficient (Wildman–Crippen LogP) is 3.11. The quantitative estimate of drug-likeness (QED) is 0.804. The number of benzene rings is 2. The maximum absolute atomic E-state index is 12.0. The third kappa shape index (κ3) is 3.16. The number of halogens is 1. The zero-order valence-electron chi connectivity index (χ0n) is 10.1. The Labute approximate surface area is 123 Å². The summed E-state index contributed by atoms with van der Waals surface area (Å²) < 4.78 is 0.532. The van der Waals surface area contributed by atoms with Crippen LogP contribution in [0.25, 0.3) is 0 Å². The lowest BCUT2D eigenvalue weighted by atomic mass is 10.1. The fourth-order valence-electron chi connectivity index (χ4n) is 1.65. The van der Waals surface area contributed by atoms with Crippen molar-refractivity contribution in [1.82, 2.24) is 0 Å². The number of anilines is 1. The van der Waals surface area contributed by atoms with Crippen LogP contribution in [0, 0.1) is 0 Å². The second-order valence-corrected chi connectivity index (χ2v) is 4.92. The molecule has 0 unspecified atom stereocenters. The van der Waals surface area contributed by atoms with Crippen LogP contribution in [-0.4, -0.2) is 22.1 Å². The smallest absolute Gasteiger partial charge is 0.335 e. The number of phenolic OH excluding ortho intramolecular Hbond substituents is 1. The summed E-state index contributed by atoms with van der Waals surface area (Å²) >= 11 is 3.18. The zero-order chi connectivity index (χ0) is 14.7. The molecular formula is C14H10BrNO4. The van der Waals surface area contributed by atoms with Crippen LogP contribution in [0.3, 0.4) is 0 Å². The van der Waals surface area contributed by atoms with Gasteiger partial charge in [-0.1, -0.05) is 28.1 Å². The van der Waals surface area contributed by atoms with Crippen molar-refractivity contribution in [3.05, 3.63) is 58.1 Å². The minimum Gasteiger partial charge on any atom is -0.507 e. The van der Waals surface area contributed by atoms with Gasteiger partial charge in [-0.25, -0.2) is 4.79 Å². The van der Waals surface area contributed by atoms with E-state index in [1.54, 1.807) is 18.2 Å².